The molecule has 134 valence electrons. The van der Waals surface area contributed by atoms with Crippen LogP contribution in [0.5, 0.6) is 5.75 Å². The molecule has 1 N–H and O–H groups in total. The molecule has 0 aliphatic heterocycles. The molecule has 0 aliphatic carbocycles. The molecule has 1 amide bonds. The maximum absolute atomic E-state index is 12.6. The molecule has 5 nitrogen and oxygen atoms in total. The molecular weight excluding hydrogens is 375 g/mol. The Kier molecular flexibility index (Phi) is 5.49. The topological polar surface area (TPSA) is 64.4 Å². The highest BCUT2D eigenvalue weighted by Crippen LogP contribution is 2.27. The summed E-state index contributed by atoms with van der Waals surface area (Å²) in [6, 6.07) is 12.4. The number of nitrogens with one attached hydrogen (secondary N) is 1. The van der Waals surface area contributed by atoms with Crippen LogP contribution in [0.1, 0.15) is 27.4 Å². The first-order valence-corrected chi connectivity index (χ1v) is 8.61. The third kappa shape index (κ3) is 4.00. The van der Waals surface area contributed by atoms with Crippen molar-refractivity contribution in [2.75, 3.05) is 5.32 Å². The minimum absolute atomic E-state index is 0.155. The van der Waals surface area contributed by atoms with Crippen LogP contribution < -0.4 is 10.1 Å². The number of hydrogen-bond donors (Lipinski definition) is 1. The van der Waals surface area contributed by atoms with Gasteiger partial charge in [-0.25, -0.2) is 0 Å². The second kappa shape index (κ2) is 7.81. The van der Waals surface area contributed by atoms with Crippen LogP contribution in [-0.2, 0) is 6.61 Å². The fourth-order valence-corrected chi connectivity index (χ4v) is 2.84. The van der Waals surface area contributed by atoms with Crippen LogP contribution in [0.2, 0.25) is 10.0 Å². The smallest absolute Gasteiger partial charge is 0.278 e. The third-order valence-electron chi connectivity index (χ3n) is 3.84. The van der Waals surface area contributed by atoms with Gasteiger partial charge in [0.2, 0.25) is 0 Å². The number of halogens is 2. The summed E-state index contributed by atoms with van der Waals surface area (Å²) in [4.78, 5) is 12.6. The highest BCUT2D eigenvalue weighted by atomic mass is 35.5. The molecule has 0 saturated heterocycles. The number of carbonyl (C=O) groups is 1. The Morgan fingerprint density at radius 2 is 1.96 bits per heavy atom. The van der Waals surface area contributed by atoms with Crippen molar-refractivity contribution in [3.8, 4) is 5.75 Å². The third-order valence-corrected chi connectivity index (χ3v) is 4.39. The van der Waals surface area contributed by atoms with Gasteiger partial charge in [-0.15, -0.1) is 0 Å². The van der Waals surface area contributed by atoms with E-state index in [-0.39, 0.29) is 12.3 Å². The molecule has 0 unspecified atom stereocenters. The molecule has 2 aromatic carbocycles. The van der Waals surface area contributed by atoms with Crippen molar-refractivity contribution in [2.45, 2.75) is 20.5 Å². The number of rotatable bonds is 5. The van der Waals surface area contributed by atoms with Gasteiger partial charge in [0, 0.05) is 5.02 Å². The average molecular weight is 391 g/mol. The van der Waals surface area contributed by atoms with Crippen molar-refractivity contribution < 1.29 is 14.1 Å². The maximum Gasteiger partial charge on any atom is 0.278 e. The highest BCUT2D eigenvalue weighted by Gasteiger charge is 2.21. The molecule has 0 spiro atoms. The van der Waals surface area contributed by atoms with Crippen LogP contribution in [0.25, 0.3) is 0 Å². The molecule has 3 rings (SSSR count). The lowest BCUT2D eigenvalue weighted by Crippen LogP contribution is -2.15. The van der Waals surface area contributed by atoms with E-state index in [1.807, 2.05) is 31.2 Å². The van der Waals surface area contributed by atoms with Crippen LogP contribution in [0.3, 0.4) is 0 Å². The predicted octanol–water partition coefficient (Wildman–Crippen LogP) is 5.43. The van der Waals surface area contributed by atoms with Gasteiger partial charge in [0.1, 0.15) is 18.1 Å². The summed E-state index contributed by atoms with van der Waals surface area (Å²) in [6.45, 7) is 3.85. The summed E-state index contributed by atoms with van der Waals surface area (Å²) in [5, 5.41) is 7.39. The number of anilines is 1. The molecular formula is C19H16Cl2N2O3. The van der Waals surface area contributed by atoms with Crippen molar-refractivity contribution in [1.29, 1.82) is 0 Å². The highest BCUT2D eigenvalue weighted by molar-refractivity contribution is 6.36. The van der Waals surface area contributed by atoms with Crippen molar-refractivity contribution in [3.05, 3.63) is 75.1 Å². The molecule has 1 heterocycles. The molecule has 3 aromatic rings. The van der Waals surface area contributed by atoms with Gasteiger partial charge in [-0.1, -0.05) is 46.6 Å². The lowest BCUT2D eigenvalue weighted by atomic mass is 10.2. The second-order valence-electron chi connectivity index (χ2n) is 5.70. The normalized spacial score (nSPS) is 10.6. The summed E-state index contributed by atoms with van der Waals surface area (Å²) in [6.07, 6.45) is 0. The van der Waals surface area contributed by atoms with Crippen LogP contribution in [-0.4, -0.2) is 11.1 Å². The van der Waals surface area contributed by atoms with E-state index in [0.29, 0.717) is 27.1 Å². The van der Waals surface area contributed by atoms with Crippen LogP contribution in [0.15, 0.2) is 47.0 Å². The number of ether oxygens (including phenoxy) is 1. The Bertz CT molecular complexity index is 954. The Morgan fingerprint density at radius 1 is 1.19 bits per heavy atom. The summed E-state index contributed by atoms with van der Waals surface area (Å²) < 4.78 is 11.0. The number of aromatic nitrogens is 1. The first-order valence-electron chi connectivity index (χ1n) is 7.85. The van der Waals surface area contributed by atoms with Crippen molar-refractivity contribution in [3.63, 3.8) is 0 Å². The van der Waals surface area contributed by atoms with Gasteiger partial charge in [-0.05, 0) is 43.7 Å². The first kappa shape index (κ1) is 18.3. The summed E-state index contributed by atoms with van der Waals surface area (Å²) in [5.41, 5.74) is 2.17. The Morgan fingerprint density at radius 3 is 2.69 bits per heavy atom. The largest absolute Gasteiger partial charge is 0.488 e. The van der Waals surface area contributed by atoms with E-state index < -0.39 is 5.91 Å². The number of para-hydroxylation sites is 1. The molecule has 0 bridgehead atoms. The average Bonchev–Trinajstić information content (AvgIpc) is 2.97. The molecule has 0 atom stereocenters. The molecule has 1 aromatic heterocycles. The standard InChI is InChI=1S/C19H16Cl2N2O3/c1-11-5-3-4-6-17(11)25-10-14-12(2)26-23-18(14)19(24)22-16-8-7-13(20)9-15(16)21/h3-9H,10H2,1-2H3,(H,22,24). The minimum atomic E-state index is -0.436. The van der Waals surface area contributed by atoms with Crippen molar-refractivity contribution >= 4 is 34.8 Å². The van der Waals surface area contributed by atoms with Gasteiger partial charge in [-0.2, -0.15) is 0 Å². The van der Waals surface area contributed by atoms with Gasteiger partial charge in [0.05, 0.1) is 16.3 Å². The van der Waals surface area contributed by atoms with E-state index >= 15 is 0 Å². The van der Waals surface area contributed by atoms with Crippen LogP contribution in [0.4, 0.5) is 5.69 Å². The molecule has 26 heavy (non-hydrogen) atoms. The summed E-state index contributed by atoms with van der Waals surface area (Å²) in [7, 11) is 0. The van der Waals surface area contributed by atoms with Crippen molar-refractivity contribution in [1.82, 2.24) is 5.16 Å². The van der Waals surface area contributed by atoms with E-state index in [9.17, 15) is 4.79 Å². The zero-order chi connectivity index (χ0) is 18.7. The molecule has 0 fully saturated rings. The Labute approximate surface area is 160 Å². The summed E-state index contributed by atoms with van der Waals surface area (Å²) >= 11 is 12.0. The van der Waals surface area contributed by atoms with Crippen LogP contribution in [0, 0.1) is 13.8 Å². The number of aryl methyl sites for hydroxylation is 2. The molecule has 7 heteroatoms. The SMILES string of the molecule is Cc1ccccc1OCc1c(C(=O)Nc2ccc(Cl)cc2Cl)noc1C. The van der Waals surface area contributed by atoms with Crippen molar-refractivity contribution in [2.24, 2.45) is 0 Å². The maximum atomic E-state index is 12.6. The quantitative estimate of drug-likeness (QED) is 0.630. The van der Waals surface area contributed by atoms with Gasteiger partial charge < -0.3 is 14.6 Å². The molecule has 0 radical (unpaired) electrons. The van der Waals surface area contributed by atoms with E-state index in [1.54, 1.807) is 25.1 Å². The van der Waals surface area contributed by atoms with E-state index in [2.05, 4.69) is 10.5 Å². The number of carbonyl (C=O) groups excluding carboxylic acids is 1. The Balaban J connectivity index is 1.78. The Hall–Kier alpha value is -2.50. The second-order valence-corrected chi connectivity index (χ2v) is 6.54. The fourth-order valence-electron chi connectivity index (χ4n) is 2.38. The van der Waals surface area contributed by atoms with Gasteiger partial charge in [0.25, 0.3) is 5.91 Å². The molecule has 0 aliphatic rings. The number of amides is 1. The van der Waals surface area contributed by atoms with Gasteiger partial charge >= 0.3 is 0 Å². The molecule has 0 saturated carbocycles. The van der Waals surface area contributed by atoms with Gasteiger partial charge in [0.15, 0.2) is 5.69 Å². The predicted molar refractivity (Wildman–Crippen MR) is 101 cm³/mol. The van der Waals surface area contributed by atoms with Crippen LogP contribution >= 0.6 is 23.2 Å². The zero-order valence-electron chi connectivity index (χ0n) is 14.2. The fraction of sp³-hybridized carbons (Fsp3) is 0.158. The van der Waals surface area contributed by atoms with E-state index in [0.717, 1.165) is 11.3 Å². The van der Waals surface area contributed by atoms with E-state index in [1.165, 1.54) is 0 Å². The number of benzene rings is 2. The lowest BCUT2D eigenvalue weighted by Gasteiger charge is -2.10. The zero-order valence-corrected chi connectivity index (χ0v) is 15.7. The van der Waals surface area contributed by atoms with Gasteiger partial charge in [-0.3, -0.25) is 4.79 Å². The summed E-state index contributed by atoms with van der Waals surface area (Å²) in [5.74, 6) is 0.820. The van der Waals surface area contributed by atoms with E-state index in [4.69, 9.17) is 32.5 Å². The number of hydrogen-bond acceptors (Lipinski definition) is 4. The number of nitrogens with zero attached hydrogens (tertiary/aromatic N) is 1. The lowest BCUT2D eigenvalue weighted by molar-refractivity contribution is 0.101. The minimum Gasteiger partial charge on any atom is -0.488 e. The first-order chi connectivity index (χ1) is 12.5. The monoisotopic (exact) mass is 390 g/mol.